The second kappa shape index (κ2) is 6.30. The van der Waals surface area contributed by atoms with E-state index in [0.29, 0.717) is 0 Å². The normalized spacial score (nSPS) is 12.4. The first kappa shape index (κ1) is 14.9. The summed E-state index contributed by atoms with van der Waals surface area (Å²) < 4.78 is 6.06. The van der Waals surface area contributed by atoms with Crippen molar-refractivity contribution in [3.63, 3.8) is 0 Å². The van der Waals surface area contributed by atoms with E-state index in [0.717, 1.165) is 11.3 Å². The molecule has 1 aromatic heterocycles. The smallest absolute Gasteiger partial charge is 0.146 e. The lowest BCUT2D eigenvalue weighted by molar-refractivity contribution is 0.227. The molecular formula is C17H20OSSi. The minimum absolute atomic E-state index is 0.0400. The van der Waals surface area contributed by atoms with Crippen LogP contribution < -0.4 is 4.74 Å². The number of thiophene rings is 1. The molecule has 1 nitrogen and oxygen atoms in total. The van der Waals surface area contributed by atoms with Crippen LogP contribution in [-0.4, -0.2) is 8.07 Å². The summed E-state index contributed by atoms with van der Waals surface area (Å²) in [6.07, 6.45) is 0.0400. The van der Waals surface area contributed by atoms with Crippen LogP contribution in [0.1, 0.15) is 24.2 Å². The molecule has 0 spiro atoms. The maximum absolute atomic E-state index is 6.06. The molecule has 0 aliphatic heterocycles. The van der Waals surface area contributed by atoms with Gasteiger partial charge in [-0.2, -0.15) is 0 Å². The molecule has 0 aliphatic rings. The van der Waals surface area contributed by atoms with Crippen LogP contribution in [-0.2, 0) is 0 Å². The van der Waals surface area contributed by atoms with Crippen LogP contribution in [0.4, 0.5) is 0 Å². The van der Waals surface area contributed by atoms with Crippen LogP contribution in [0.25, 0.3) is 0 Å². The summed E-state index contributed by atoms with van der Waals surface area (Å²) in [6, 6.07) is 10.3. The van der Waals surface area contributed by atoms with Crippen molar-refractivity contribution < 1.29 is 4.74 Å². The lowest BCUT2D eigenvalue weighted by Gasteiger charge is -2.14. The molecule has 3 heteroatoms. The lowest BCUT2D eigenvalue weighted by atomic mass is 10.1. The molecule has 1 unspecified atom stereocenters. The van der Waals surface area contributed by atoms with Crippen molar-refractivity contribution in [1.82, 2.24) is 0 Å². The van der Waals surface area contributed by atoms with Gasteiger partial charge in [-0.3, -0.25) is 0 Å². The molecule has 0 bridgehead atoms. The van der Waals surface area contributed by atoms with Crippen molar-refractivity contribution in [3.8, 4) is 17.2 Å². The van der Waals surface area contributed by atoms with Crippen molar-refractivity contribution >= 4 is 19.4 Å². The number of benzene rings is 1. The molecule has 1 heterocycles. The molecule has 20 heavy (non-hydrogen) atoms. The zero-order chi connectivity index (χ0) is 14.6. The van der Waals surface area contributed by atoms with E-state index in [-0.39, 0.29) is 6.10 Å². The molecule has 0 N–H and O–H groups in total. The Morgan fingerprint density at radius 1 is 1.10 bits per heavy atom. The third-order valence-corrected chi connectivity index (χ3v) is 4.37. The molecule has 0 radical (unpaired) electrons. The first-order chi connectivity index (χ1) is 9.46. The second-order valence-electron chi connectivity index (χ2n) is 5.82. The highest BCUT2D eigenvalue weighted by Crippen LogP contribution is 2.28. The molecule has 0 saturated heterocycles. The molecule has 104 valence electrons. The predicted octanol–water partition coefficient (Wildman–Crippen LogP) is 5.12. The van der Waals surface area contributed by atoms with Gasteiger partial charge in [-0.25, -0.2) is 0 Å². The molecule has 2 aromatic rings. The zero-order valence-electron chi connectivity index (χ0n) is 12.4. The zero-order valence-corrected chi connectivity index (χ0v) is 14.3. The highest BCUT2D eigenvalue weighted by atomic mass is 32.1. The first-order valence-corrected chi connectivity index (χ1v) is 11.2. The summed E-state index contributed by atoms with van der Waals surface area (Å²) in [5, 5.41) is 4.11. The second-order valence-corrected chi connectivity index (χ2v) is 11.3. The topological polar surface area (TPSA) is 9.23 Å². The van der Waals surface area contributed by atoms with Gasteiger partial charge in [0.25, 0.3) is 0 Å². The van der Waals surface area contributed by atoms with Gasteiger partial charge in [-0.05, 0) is 12.5 Å². The van der Waals surface area contributed by atoms with Crippen LogP contribution in [0.2, 0.25) is 19.6 Å². The van der Waals surface area contributed by atoms with Crippen LogP contribution in [0.3, 0.4) is 0 Å². The molecule has 0 saturated carbocycles. The summed E-state index contributed by atoms with van der Waals surface area (Å²) in [4.78, 5) is 0. The van der Waals surface area contributed by atoms with Gasteiger partial charge in [0.15, 0.2) is 0 Å². The minimum Gasteiger partial charge on any atom is -0.484 e. The number of hydrogen-bond donors (Lipinski definition) is 0. The Hall–Kier alpha value is -1.50. The van der Waals surface area contributed by atoms with Gasteiger partial charge in [-0.1, -0.05) is 55.9 Å². The Morgan fingerprint density at radius 3 is 2.45 bits per heavy atom. The van der Waals surface area contributed by atoms with Crippen LogP contribution >= 0.6 is 11.3 Å². The SMILES string of the molecule is CC(Oc1cscc1C#C[Si](C)(C)C)c1ccccc1. The molecular weight excluding hydrogens is 280 g/mol. The highest BCUT2D eigenvalue weighted by molar-refractivity contribution is 7.08. The summed E-state index contributed by atoms with van der Waals surface area (Å²) in [7, 11) is -1.35. The highest BCUT2D eigenvalue weighted by Gasteiger charge is 2.12. The van der Waals surface area contributed by atoms with Crippen molar-refractivity contribution in [2.45, 2.75) is 32.7 Å². The molecule has 0 fully saturated rings. The molecule has 0 amide bonds. The fraction of sp³-hybridized carbons (Fsp3) is 0.294. The van der Waals surface area contributed by atoms with Gasteiger partial charge in [-0.15, -0.1) is 16.9 Å². The summed E-state index contributed by atoms with van der Waals surface area (Å²) >= 11 is 1.64. The van der Waals surface area contributed by atoms with E-state index in [1.807, 2.05) is 23.6 Å². The third kappa shape index (κ3) is 4.26. The van der Waals surface area contributed by atoms with E-state index in [4.69, 9.17) is 4.74 Å². The predicted molar refractivity (Wildman–Crippen MR) is 90.0 cm³/mol. The summed E-state index contributed by atoms with van der Waals surface area (Å²) in [6.45, 7) is 8.82. The number of rotatable bonds is 3. The van der Waals surface area contributed by atoms with Gasteiger partial charge in [0.1, 0.15) is 19.9 Å². The van der Waals surface area contributed by atoms with E-state index in [2.05, 4.69) is 55.5 Å². The van der Waals surface area contributed by atoms with E-state index in [1.54, 1.807) is 11.3 Å². The van der Waals surface area contributed by atoms with Crippen LogP contribution in [0.5, 0.6) is 5.75 Å². The standard InChI is InChI=1S/C17H20OSSi/c1-14(15-8-6-5-7-9-15)18-17-13-19-12-16(17)10-11-20(2,3)4/h5-9,12-14H,1-4H3. The number of hydrogen-bond acceptors (Lipinski definition) is 2. The lowest BCUT2D eigenvalue weighted by Crippen LogP contribution is -2.16. The molecule has 1 aromatic carbocycles. The largest absolute Gasteiger partial charge is 0.484 e. The Kier molecular flexibility index (Phi) is 4.69. The van der Waals surface area contributed by atoms with Crippen molar-refractivity contribution in [1.29, 1.82) is 0 Å². The van der Waals surface area contributed by atoms with E-state index in [1.165, 1.54) is 5.56 Å². The van der Waals surface area contributed by atoms with Gasteiger partial charge in [0.2, 0.25) is 0 Å². The van der Waals surface area contributed by atoms with E-state index in [9.17, 15) is 0 Å². The molecule has 1 atom stereocenters. The van der Waals surface area contributed by atoms with Gasteiger partial charge in [0.05, 0.1) is 5.56 Å². The summed E-state index contributed by atoms with van der Waals surface area (Å²) in [5.41, 5.74) is 5.59. The average Bonchev–Trinajstić information content (AvgIpc) is 2.84. The maximum atomic E-state index is 6.06. The first-order valence-electron chi connectivity index (χ1n) is 6.77. The number of ether oxygens (including phenoxy) is 1. The van der Waals surface area contributed by atoms with Gasteiger partial charge < -0.3 is 4.74 Å². The van der Waals surface area contributed by atoms with E-state index < -0.39 is 8.07 Å². The van der Waals surface area contributed by atoms with Gasteiger partial charge >= 0.3 is 0 Å². The molecule has 2 rings (SSSR count). The molecule has 0 aliphatic carbocycles. The van der Waals surface area contributed by atoms with Crippen molar-refractivity contribution in [2.24, 2.45) is 0 Å². The maximum Gasteiger partial charge on any atom is 0.146 e. The van der Waals surface area contributed by atoms with Crippen LogP contribution in [0, 0.1) is 11.5 Å². The monoisotopic (exact) mass is 300 g/mol. The van der Waals surface area contributed by atoms with Crippen LogP contribution in [0.15, 0.2) is 41.1 Å². The average molecular weight is 300 g/mol. The van der Waals surface area contributed by atoms with Crippen molar-refractivity contribution in [3.05, 3.63) is 52.2 Å². The Morgan fingerprint density at radius 2 is 1.80 bits per heavy atom. The minimum atomic E-state index is -1.35. The fourth-order valence-electron chi connectivity index (χ4n) is 1.71. The van der Waals surface area contributed by atoms with Crippen molar-refractivity contribution in [2.75, 3.05) is 0 Å². The quantitative estimate of drug-likeness (QED) is 0.565. The Balaban J connectivity index is 2.15. The van der Waals surface area contributed by atoms with Gasteiger partial charge in [0, 0.05) is 10.8 Å². The Bertz CT molecular complexity index is 614. The fourth-order valence-corrected chi connectivity index (χ4v) is 2.90. The van der Waals surface area contributed by atoms with E-state index >= 15 is 0 Å². The third-order valence-electron chi connectivity index (χ3n) is 2.77. The Labute approximate surface area is 126 Å². The summed E-state index contributed by atoms with van der Waals surface area (Å²) in [5.74, 6) is 4.19.